The molecule has 0 radical (unpaired) electrons. The topological polar surface area (TPSA) is 55.1 Å². The molecule has 1 aromatic carbocycles. The summed E-state index contributed by atoms with van der Waals surface area (Å²) < 4.78 is 12.7. The molecule has 1 aromatic rings. The van der Waals surface area contributed by atoms with Crippen LogP contribution in [-0.4, -0.2) is 23.5 Å². The summed E-state index contributed by atoms with van der Waals surface area (Å²) in [6.45, 7) is 3.85. The van der Waals surface area contributed by atoms with Crippen LogP contribution in [0.5, 0.6) is 0 Å². The number of rotatable bonds is 6. The van der Waals surface area contributed by atoms with Crippen LogP contribution in [0.1, 0.15) is 25.5 Å². The quantitative estimate of drug-likeness (QED) is 0.832. The molecule has 0 aliphatic heterocycles. The lowest BCUT2D eigenvalue weighted by molar-refractivity contribution is -0.119. The molecule has 0 fully saturated rings. The Hall–Kier alpha value is -1.07. The van der Waals surface area contributed by atoms with Crippen molar-refractivity contribution in [1.29, 1.82) is 0 Å². The minimum Gasteiger partial charge on any atom is -0.353 e. The normalized spacial score (nSPS) is 12.5. The maximum absolute atomic E-state index is 12.7. The van der Waals surface area contributed by atoms with Gasteiger partial charge in [-0.15, -0.1) is 0 Å². The largest absolute Gasteiger partial charge is 0.353 e. The average Bonchev–Trinajstić information content (AvgIpc) is 2.28. The molecule has 0 saturated heterocycles. The van der Waals surface area contributed by atoms with Crippen molar-refractivity contribution in [2.45, 2.75) is 25.9 Å². The molecule has 3 nitrogen and oxygen atoms in total. The lowest BCUT2D eigenvalue weighted by Crippen LogP contribution is -2.31. The van der Waals surface area contributed by atoms with E-state index in [4.69, 9.17) is 5.73 Å². The maximum Gasteiger partial charge on any atom is 0.230 e. The van der Waals surface area contributed by atoms with Crippen LogP contribution in [0.25, 0.3) is 0 Å². The molecule has 0 aliphatic rings. The van der Waals surface area contributed by atoms with Gasteiger partial charge in [-0.2, -0.15) is 11.8 Å². The van der Waals surface area contributed by atoms with Crippen molar-refractivity contribution in [2.75, 3.05) is 11.5 Å². The smallest absolute Gasteiger partial charge is 0.230 e. The lowest BCUT2D eigenvalue weighted by Gasteiger charge is -2.12. The molecule has 1 unspecified atom stereocenters. The van der Waals surface area contributed by atoms with Gasteiger partial charge in [0, 0.05) is 17.8 Å². The molecule has 1 rings (SSSR count). The number of carbonyl (C=O) groups excluding carboxylic acids is 1. The predicted molar refractivity (Wildman–Crippen MR) is 73.9 cm³/mol. The molecule has 18 heavy (non-hydrogen) atoms. The van der Waals surface area contributed by atoms with Crippen LogP contribution < -0.4 is 11.1 Å². The molecule has 0 spiro atoms. The van der Waals surface area contributed by atoms with E-state index in [0.717, 1.165) is 5.56 Å². The van der Waals surface area contributed by atoms with Gasteiger partial charge in [0.2, 0.25) is 5.91 Å². The Morgan fingerprint density at radius 1 is 1.39 bits per heavy atom. The molecular formula is C13H19FN2OS. The van der Waals surface area contributed by atoms with Gasteiger partial charge in [0.15, 0.2) is 0 Å². The van der Waals surface area contributed by atoms with E-state index >= 15 is 0 Å². The number of nitrogens with two attached hydrogens (primary N) is 1. The van der Waals surface area contributed by atoms with Crippen molar-refractivity contribution >= 4 is 17.7 Å². The van der Waals surface area contributed by atoms with Gasteiger partial charge in [0.1, 0.15) is 5.82 Å². The van der Waals surface area contributed by atoms with Gasteiger partial charge < -0.3 is 11.1 Å². The van der Waals surface area contributed by atoms with Crippen LogP contribution >= 0.6 is 11.8 Å². The number of hydrogen-bond acceptors (Lipinski definition) is 3. The average molecular weight is 270 g/mol. The predicted octanol–water partition coefficient (Wildman–Crippen LogP) is 2.08. The van der Waals surface area contributed by atoms with Crippen LogP contribution in [-0.2, 0) is 4.79 Å². The summed E-state index contributed by atoms with van der Waals surface area (Å²) in [5.74, 6) is 0.778. The molecule has 0 aromatic heterocycles. The summed E-state index contributed by atoms with van der Waals surface area (Å²) in [5, 5.41) is 2.81. The number of halogens is 1. The van der Waals surface area contributed by atoms with Gasteiger partial charge in [0.25, 0.3) is 0 Å². The van der Waals surface area contributed by atoms with Gasteiger partial charge in [-0.3, -0.25) is 4.79 Å². The van der Waals surface area contributed by atoms with E-state index in [9.17, 15) is 9.18 Å². The van der Waals surface area contributed by atoms with E-state index in [-0.39, 0.29) is 23.8 Å². The Morgan fingerprint density at radius 3 is 2.56 bits per heavy atom. The summed E-state index contributed by atoms with van der Waals surface area (Å²) in [6, 6.07) is 6.12. The maximum atomic E-state index is 12.7. The zero-order valence-corrected chi connectivity index (χ0v) is 11.5. The summed E-state index contributed by atoms with van der Waals surface area (Å²) in [4.78, 5) is 11.4. The van der Waals surface area contributed by atoms with Crippen LogP contribution in [0.4, 0.5) is 4.39 Å². The molecule has 0 aliphatic carbocycles. The Morgan fingerprint density at radius 2 is 2.00 bits per heavy atom. The highest BCUT2D eigenvalue weighted by Gasteiger charge is 2.08. The first kappa shape index (κ1) is 15.0. The first-order valence-corrected chi connectivity index (χ1v) is 7.02. The molecule has 3 N–H and O–H groups in total. The molecule has 1 atom stereocenters. The van der Waals surface area contributed by atoms with Crippen molar-refractivity contribution < 1.29 is 9.18 Å². The van der Waals surface area contributed by atoms with Gasteiger partial charge in [-0.05, 0) is 31.5 Å². The second-order valence-electron chi connectivity index (χ2n) is 4.40. The number of hydrogen-bond donors (Lipinski definition) is 2. The summed E-state index contributed by atoms with van der Waals surface area (Å²) in [5.41, 5.74) is 6.84. The van der Waals surface area contributed by atoms with Crippen molar-refractivity contribution in [3.8, 4) is 0 Å². The van der Waals surface area contributed by atoms with Gasteiger partial charge in [0.05, 0.1) is 5.75 Å². The molecule has 100 valence electrons. The van der Waals surface area contributed by atoms with Crippen molar-refractivity contribution in [1.82, 2.24) is 5.32 Å². The number of nitrogens with one attached hydrogen (secondary N) is 1. The van der Waals surface area contributed by atoms with Crippen LogP contribution in [0, 0.1) is 5.82 Å². The molecule has 0 heterocycles. The molecule has 5 heteroatoms. The lowest BCUT2D eigenvalue weighted by atomic mass is 10.1. The summed E-state index contributed by atoms with van der Waals surface area (Å²) in [6.07, 6.45) is 0. The van der Waals surface area contributed by atoms with Crippen molar-refractivity contribution in [3.05, 3.63) is 35.6 Å². The van der Waals surface area contributed by atoms with Crippen LogP contribution in [0.2, 0.25) is 0 Å². The second-order valence-corrected chi connectivity index (χ2v) is 5.43. The van der Waals surface area contributed by atoms with Gasteiger partial charge in [-0.25, -0.2) is 4.39 Å². The summed E-state index contributed by atoms with van der Waals surface area (Å²) in [7, 11) is 0. The van der Waals surface area contributed by atoms with E-state index in [1.807, 2.05) is 13.8 Å². The Labute approximate surface area is 111 Å². The van der Waals surface area contributed by atoms with Crippen LogP contribution in [0.15, 0.2) is 24.3 Å². The highest BCUT2D eigenvalue weighted by Crippen LogP contribution is 2.16. The second kappa shape index (κ2) is 7.38. The third-order valence-electron chi connectivity index (χ3n) is 2.28. The highest BCUT2D eigenvalue weighted by molar-refractivity contribution is 7.99. The third-order valence-corrected chi connectivity index (χ3v) is 3.34. The first-order chi connectivity index (χ1) is 8.49. The van der Waals surface area contributed by atoms with E-state index in [2.05, 4.69) is 5.32 Å². The molecule has 0 saturated carbocycles. The van der Waals surface area contributed by atoms with Gasteiger partial charge in [-0.1, -0.05) is 12.1 Å². The first-order valence-electron chi connectivity index (χ1n) is 5.87. The SMILES string of the molecule is CC(C)NC(=O)CSCC(N)c1ccc(F)cc1. The minimum absolute atomic E-state index is 0.0151. The molecule has 1 amide bonds. The van der Waals surface area contributed by atoms with E-state index in [0.29, 0.717) is 11.5 Å². The van der Waals surface area contributed by atoms with Gasteiger partial charge >= 0.3 is 0 Å². The minimum atomic E-state index is -0.269. The number of benzene rings is 1. The fourth-order valence-corrected chi connectivity index (χ4v) is 2.28. The Kier molecular flexibility index (Phi) is 6.15. The standard InChI is InChI=1S/C13H19FN2OS/c1-9(2)16-13(17)8-18-7-12(15)10-3-5-11(14)6-4-10/h3-6,9,12H,7-8,15H2,1-2H3,(H,16,17). The number of amides is 1. The summed E-state index contributed by atoms with van der Waals surface area (Å²) >= 11 is 1.48. The zero-order chi connectivity index (χ0) is 13.5. The van der Waals surface area contributed by atoms with E-state index in [1.54, 1.807) is 12.1 Å². The van der Waals surface area contributed by atoms with E-state index < -0.39 is 0 Å². The Balaban J connectivity index is 2.31. The van der Waals surface area contributed by atoms with Crippen LogP contribution in [0.3, 0.4) is 0 Å². The van der Waals surface area contributed by atoms with E-state index in [1.165, 1.54) is 23.9 Å². The fraction of sp³-hybridized carbons (Fsp3) is 0.462. The van der Waals surface area contributed by atoms with Crippen molar-refractivity contribution in [2.24, 2.45) is 5.73 Å². The molecular weight excluding hydrogens is 251 g/mol. The highest BCUT2D eigenvalue weighted by atomic mass is 32.2. The van der Waals surface area contributed by atoms with Crippen molar-refractivity contribution in [3.63, 3.8) is 0 Å². The molecule has 0 bridgehead atoms. The monoisotopic (exact) mass is 270 g/mol. The number of thioether (sulfide) groups is 1. The third kappa shape index (κ3) is 5.51. The zero-order valence-electron chi connectivity index (χ0n) is 10.7. The number of carbonyl (C=O) groups is 1. The fourth-order valence-electron chi connectivity index (χ4n) is 1.45. The Bertz CT molecular complexity index is 381.